The molecule has 3 N–H and O–H groups in total. The maximum absolute atomic E-state index is 13.5. The van der Waals surface area contributed by atoms with Crippen LogP contribution in [0, 0.1) is 5.82 Å². The van der Waals surface area contributed by atoms with Gasteiger partial charge < -0.3 is 15.7 Å². The highest BCUT2D eigenvalue weighted by molar-refractivity contribution is 6.39. The van der Waals surface area contributed by atoms with Crippen LogP contribution in [0.5, 0.6) is 0 Å². The molecule has 3 atom stereocenters. The molecule has 0 heterocycles. The summed E-state index contributed by atoms with van der Waals surface area (Å²) in [6, 6.07) is 8.85. The van der Waals surface area contributed by atoms with E-state index in [2.05, 4.69) is 10.6 Å². The van der Waals surface area contributed by atoms with Crippen LogP contribution in [0.2, 0.25) is 10.0 Å². The van der Waals surface area contributed by atoms with E-state index in [4.69, 9.17) is 23.2 Å². The van der Waals surface area contributed by atoms with Crippen molar-refractivity contribution in [2.45, 2.75) is 37.8 Å². The van der Waals surface area contributed by atoms with E-state index in [0.29, 0.717) is 17.9 Å². The van der Waals surface area contributed by atoms with Gasteiger partial charge in [0.1, 0.15) is 5.82 Å². The van der Waals surface area contributed by atoms with Gasteiger partial charge in [-0.3, -0.25) is 9.59 Å². The lowest BCUT2D eigenvalue weighted by molar-refractivity contribution is -0.136. The van der Waals surface area contributed by atoms with E-state index in [1.807, 2.05) is 12.1 Å². The quantitative estimate of drug-likeness (QED) is 0.655. The zero-order valence-electron chi connectivity index (χ0n) is 15.0. The fraction of sp³-hybridized carbons (Fsp3) is 0.300. The second kappa shape index (κ2) is 8.47. The number of benzene rings is 2. The Bertz CT molecular complexity index is 920. The average Bonchev–Trinajstić information content (AvgIpc) is 2.96. The maximum Gasteiger partial charge on any atom is 0.313 e. The lowest BCUT2D eigenvalue weighted by Gasteiger charge is -2.22. The van der Waals surface area contributed by atoms with Gasteiger partial charge in [-0.15, -0.1) is 0 Å². The van der Waals surface area contributed by atoms with Gasteiger partial charge in [-0.2, -0.15) is 0 Å². The highest BCUT2D eigenvalue weighted by Gasteiger charge is 2.36. The van der Waals surface area contributed by atoms with Crippen LogP contribution in [0.15, 0.2) is 36.4 Å². The number of amides is 2. The van der Waals surface area contributed by atoms with Crippen LogP contribution in [0.4, 0.5) is 10.1 Å². The summed E-state index contributed by atoms with van der Waals surface area (Å²) in [6.45, 7) is 1.67. The topological polar surface area (TPSA) is 78.4 Å². The molecule has 0 spiro atoms. The minimum absolute atomic E-state index is 0.0796. The molecule has 0 aliphatic heterocycles. The fourth-order valence-corrected chi connectivity index (χ4v) is 3.90. The monoisotopic (exact) mass is 424 g/mol. The van der Waals surface area contributed by atoms with Gasteiger partial charge in [0, 0.05) is 22.7 Å². The minimum Gasteiger partial charge on any atom is -0.393 e. The molecule has 2 aromatic rings. The number of hydrogen-bond donors (Lipinski definition) is 3. The molecule has 5 nitrogen and oxygen atoms in total. The average molecular weight is 425 g/mol. The molecule has 1 aliphatic carbocycles. The Morgan fingerprint density at radius 2 is 1.96 bits per heavy atom. The van der Waals surface area contributed by atoms with Crippen molar-refractivity contribution in [3.63, 3.8) is 0 Å². The molecule has 8 heteroatoms. The smallest absolute Gasteiger partial charge is 0.313 e. The largest absolute Gasteiger partial charge is 0.393 e. The first-order valence-electron chi connectivity index (χ1n) is 8.78. The van der Waals surface area contributed by atoms with Crippen molar-refractivity contribution in [2.75, 3.05) is 5.32 Å². The number of aliphatic hydroxyl groups excluding tert-OH is 1. The Hall–Kier alpha value is -2.15. The summed E-state index contributed by atoms with van der Waals surface area (Å²) < 4.78 is 13.5. The van der Waals surface area contributed by atoms with Gasteiger partial charge in [-0.05, 0) is 55.2 Å². The summed E-state index contributed by atoms with van der Waals surface area (Å²) >= 11 is 11.9. The van der Waals surface area contributed by atoms with Crippen LogP contribution in [0.1, 0.15) is 30.4 Å². The molecule has 0 aromatic heterocycles. The van der Waals surface area contributed by atoms with Crippen LogP contribution >= 0.6 is 23.2 Å². The molecule has 0 bridgehead atoms. The zero-order chi connectivity index (χ0) is 20.4. The van der Waals surface area contributed by atoms with Crippen LogP contribution in [0.25, 0.3) is 0 Å². The fourth-order valence-electron chi connectivity index (χ4n) is 3.52. The number of aliphatic hydroxyl groups is 1. The van der Waals surface area contributed by atoms with Gasteiger partial charge in [0.15, 0.2) is 0 Å². The lowest BCUT2D eigenvalue weighted by Crippen LogP contribution is -2.44. The Labute approximate surface area is 171 Å². The first-order valence-corrected chi connectivity index (χ1v) is 9.54. The van der Waals surface area contributed by atoms with Crippen LogP contribution in [0.3, 0.4) is 0 Å². The van der Waals surface area contributed by atoms with Crippen molar-refractivity contribution >= 4 is 40.7 Å². The summed E-state index contributed by atoms with van der Waals surface area (Å²) in [4.78, 5) is 24.6. The van der Waals surface area contributed by atoms with E-state index in [-0.39, 0.29) is 22.7 Å². The Kier molecular flexibility index (Phi) is 6.23. The van der Waals surface area contributed by atoms with Gasteiger partial charge in [-0.1, -0.05) is 35.3 Å². The minimum atomic E-state index is -0.917. The summed E-state index contributed by atoms with van der Waals surface area (Å²) in [5, 5.41) is 15.4. The zero-order valence-corrected chi connectivity index (χ0v) is 16.5. The van der Waals surface area contributed by atoms with Crippen molar-refractivity contribution in [1.29, 1.82) is 0 Å². The molecule has 148 valence electrons. The number of halogens is 3. The van der Waals surface area contributed by atoms with E-state index >= 15 is 0 Å². The predicted molar refractivity (Wildman–Crippen MR) is 106 cm³/mol. The normalized spacial score (nSPS) is 19.0. The van der Waals surface area contributed by atoms with Gasteiger partial charge in [0.2, 0.25) is 0 Å². The predicted octanol–water partition coefficient (Wildman–Crippen LogP) is 3.67. The molecule has 0 saturated carbocycles. The van der Waals surface area contributed by atoms with Gasteiger partial charge in [0.05, 0.1) is 11.1 Å². The highest BCUT2D eigenvalue weighted by Crippen LogP contribution is 2.39. The van der Waals surface area contributed by atoms with E-state index in [0.717, 1.165) is 17.2 Å². The van der Waals surface area contributed by atoms with E-state index in [1.165, 1.54) is 12.1 Å². The number of carbonyl (C=O) groups is 2. The summed E-state index contributed by atoms with van der Waals surface area (Å²) in [5.74, 6) is -2.63. The van der Waals surface area contributed by atoms with Crippen LogP contribution in [-0.2, 0) is 16.0 Å². The molecule has 1 aliphatic rings. The molecule has 3 rings (SSSR count). The Morgan fingerprint density at radius 3 is 2.64 bits per heavy atom. The molecule has 0 radical (unpaired) electrons. The third kappa shape index (κ3) is 4.46. The number of nitrogens with one attached hydrogen (secondary N) is 2. The van der Waals surface area contributed by atoms with Gasteiger partial charge >= 0.3 is 11.8 Å². The van der Waals surface area contributed by atoms with E-state index < -0.39 is 23.7 Å². The Morgan fingerprint density at radius 1 is 1.21 bits per heavy atom. The van der Waals surface area contributed by atoms with Crippen LogP contribution in [-0.4, -0.2) is 29.1 Å². The Balaban J connectivity index is 1.72. The van der Waals surface area contributed by atoms with Crippen molar-refractivity contribution in [2.24, 2.45) is 0 Å². The van der Waals surface area contributed by atoms with Crippen molar-refractivity contribution in [3.8, 4) is 0 Å². The molecule has 3 unspecified atom stereocenters. The number of hydrogen-bond acceptors (Lipinski definition) is 3. The molecule has 2 aromatic carbocycles. The number of rotatable bonds is 4. The lowest BCUT2D eigenvalue weighted by atomic mass is 9.92. The van der Waals surface area contributed by atoms with Crippen LogP contribution < -0.4 is 10.6 Å². The molecular formula is C20H19Cl2FN2O3. The first-order chi connectivity index (χ1) is 13.3. The van der Waals surface area contributed by atoms with Crippen molar-refractivity contribution in [3.05, 3.63) is 63.4 Å². The highest BCUT2D eigenvalue weighted by atomic mass is 35.5. The second-order valence-corrected chi connectivity index (χ2v) is 7.68. The first kappa shape index (κ1) is 20.6. The number of fused-ring (bicyclic) bond motifs is 1. The van der Waals surface area contributed by atoms with Crippen molar-refractivity contribution < 1.29 is 19.1 Å². The third-order valence-electron chi connectivity index (χ3n) is 4.76. The molecule has 28 heavy (non-hydrogen) atoms. The van der Waals surface area contributed by atoms with Crippen molar-refractivity contribution in [1.82, 2.24) is 5.32 Å². The van der Waals surface area contributed by atoms with Gasteiger partial charge in [0.25, 0.3) is 0 Å². The van der Waals surface area contributed by atoms with E-state index in [9.17, 15) is 19.1 Å². The third-order valence-corrected chi connectivity index (χ3v) is 5.42. The van der Waals surface area contributed by atoms with E-state index in [1.54, 1.807) is 13.0 Å². The summed E-state index contributed by atoms with van der Waals surface area (Å²) in [5.41, 5.74) is 1.99. The number of anilines is 1. The van der Waals surface area contributed by atoms with Gasteiger partial charge in [-0.25, -0.2) is 4.39 Å². The maximum atomic E-state index is 13.5. The summed E-state index contributed by atoms with van der Waals surface area (Å²) in [7, 11) is 0. The standard InChI is InChI=1S/C20H19Cl2FN2O3/c1-10(26)7-14-12-3-2-4-15(21)13(12)9-18(14)25-20(28)19(27)24-11-5-6-16(22)17(23)8-11/h2-6,8,10,14,18,26H,7,9H2,1H3,(H,24,27)(H,25,28). The molecule has 2 amide bonds. The molecule has 0 fully saturated rings. The second-order valence-electron chi connectivity index (χ2n) is 6.87. The molecular weight excluding hydrogens is 406 g/mol. The SMILES string of the molecule is CC(O)CC1c2cccc(Cl)c2CC1NC(=O)C(=O)Nc1ccc(Cl)c(F)c1. The molecule has 0 saturated heterocycles. The number of carbonyl (C=O) groups excluding carboxylic acids is 2. The summed E-state index contributed by atoms with van der Waals surface area (Å²) in [6.07, 6.45) is 0.295.